The first kappa shape index (κ1) is 15.4. The van der Waals surface area contributed by atoms with Crippen LogP contribution in [-0.4, -0.2) is 0 Å². The Morgan fingerprint density at radius 2 is 1.00 bits per heavy atom. The summed E-state index contributed by atoms with van der Waals surface area (Å²) in [7, 11) is 0. The fourth-order valence-corrected chi connectivity index (χ4v) is 1.01. The lowest BCUT2D eigenvalue weighted by Gasteiger charge is -1.97. The lowest BCUT2D eigenvalue weighted by molar-refractivity contribution is 1.10. The zero-order chi connectivity index (χ0) is 11.4. The summed E-state index contributed by atoms with van der Waals surface area (Å²) < 4.78 is 0. The first-order chi connectivity index (χ1) is 6.86. The van der Waals surface area contributed by atoms with Crippen molar-refractivity contribution in [2.45, 2.75) is 40.5 Å². The van der Waals surface area contributed by atoms with E-state index in [1.54, 1.807) is 0 Å². The van der Waals surface area contributed by atoms with Gasteiger partial charge in [0, 0.05) is 0 Å². The van der Waals surface area contributed by atoms with Gasteiger partial charge in [0.15, 0.2) is 0 Å². The molecule has 0 unspecified atom stereocenters. The predicted molar refractivity (Wildman–Crippen MR) is 67.8 cm³/mol. The van der Waals surface area contributed by atoms with Crippen LogP contribution in [0.15, 0.2) is 37.4 Å². The largest absolute Gasteiger partial charge is 0.106 e. The van der Waals surface area contributed by atoms with Crippen LogP contribution in [0.5, 0.6) is 0 Å². The van der Waals surface area contributed by atoms with E-state index < -0.39 is 0 Å². The van der Waals surface area contributed by atoms with Crippen LogP contribution in [0.1, 0.15) is 38.8 Å². The Bertz CT molecular complexity index is 173. The van der Waals surface area contributed by atoms with Crippen molar-refractivity contribution in [3.05, 3.63) is 48.6 Å². The van der Waals surface area contributed by atoms with Crippen LogP contribution in [-0.2, 0) is 12.8 Å². The normalized spacial score (nSPS) is 7.71. The smallest absolute Gasteiger partial charge is 0.0307 e. The molecule has 0 saturated heterocycles. The molecule has 80 valence electrons. The molecule has 1 rings (SSSR count). The Balaban J connectivity index is 0. The molecule has 0 aliphatic rings. The minimum Gasteiger partial charge on any atom is -0.106 e. The molecule has 0 radical (unpaired) electrons. The molecule has 0 amide bonds. The van der Waals surface area contributed by atoms with Crippen LogP contribution in [0.25, 0.3) is 0 Å². The van der Waals surface area contributed by atoms with Crippen molar-refractivity contribution < 1.29 is 0 Å². The summed E-state index contributed by atoms with van der Waals surface area (Å²) in [5.41, 5.74) is 2.86. The second-order valence-corrected chi connectivity index (χ2v) is 2.52. The standard InChI is InChI=1S/C10H14.C2H6.C2H4/c1-3-9-5-7-10(4-2)8-6-9;2*1-2/h5-8H,3-4H2,1-2H3;1-2H3;1-2H2. The molecule has 0 bridgehead atoms. The molecular formula is C14H24. The molecule has 0 fully saturated rings. The van der Waals surface area contributed by atoms with Gasteiger partial charge in [-0.3, -0.25) is 0 Å². The van der Waals surface area contributed by atoms with Crippen LogP contribution < -0.4 is 0 Å². The Morgan fingerprint density at radius 1 is 0.786 bits per heavy atom. The molecule has 0 aliphatic carbocycles. The van der Waals surface area contributed by atoms with Crippen LogP contribution in [0, 0.1) is 0 Å². The quantitative estimate of drug-likeness (QED) is 0.599. The SMILES string of the molecule is C=C.CC.CCc1ccc(CC)cc1. The number of hydrogen-bond donors (Lipinski definition) is 0. The van der Waals surface area contributed by atoms with Crippen molar-refractivity contribution in [2.24, 2.45) is 0 Å². The number of hydrogen-bond acceptors (Lipinski definition) is 0. The summed E-state index contributed by atoms with van der Waals surface area (Å²) >= 11 is 0. The van der Waals surface area contributed by atoms with E-state index in [4.69, 9.17) is 0 Å². The highest BCUT2D eigenvalue weighted by atomic mass is 13.9. The van der Waals surface area contributed by atoms with Crippen LogP contribution in [0.2, 0.25) is 0 Å². The molecule has 0 N–H and O–H groups in total. The molecular weight excluding hydrogens is 168 g/mol. The van der Waals surface area contributed by atoms with E-state index in [9.17, 15) is 0 Å². The van der Waals surface area contributed by atoms with Crippen molar-refractivity contribution in [3.8, 4) is 0 Å². The topological polar surface area (TPSA) is 0 Å². The molecule has 0 nitrogen and oxygen atoms in total. The van der Waals surface area contributed by atoms with Gasteiger partial charge in [-0.15, -0.1) is 13.2 Å². The average molecular weight is 192 g/mol. The maximum Gasteiger partial charge on any atom is -0.0307 e. The zero-order valence-electron chi connectivity index (χ0n) is 10.1. The molecule has 0 aliphatic heterocycles. The van der Waals surface area contributed by atoms with Gasteiger partial charge in [0.2, 0.25) is 0 Å². The molecule has 0 heteroatoms. The lowest BCUT2D eigenvalue weighted by atomic mass is 10.1. The molecule has 0 heterocycles. The molecule has 0 aromatic heterocycles. The van der Waals surface area contributed by atoms with E-state index in [1.165, 1.54) is 11.1 Å². The summed E-state index contributed by atoms with van der Waals surface area (Å²) in [4.78, 5) is 0. The molecule has 0 atom stereocenters. The van der Waals surface area contributed by atoms with E-state index in [2.05, 4.69) is 51.3 Å². The first-order valence-corrected chi connectivity index (χ1v) is 5.44. The van der Waals surface area contributed by atoms with E-state index in [0.29, 0.717) is 0 Å². The van der Waals surface area contributed by atoms with Crippen LogP contribution in [0.4, 0.5) is 0 Å². The average Bonchev–Trinajstić information content (AvgIpc) is 2.34. The zero-order valence-corrected chi connectivity index (χ0v) is 10.1. The van der Waals surface area contributed by atoms with Gasteiger partial charge in [-0.2, -0.15) is 0 Å². The second-order valence-electron chi connectivity index (χ2n) is 2.52. The first-order valence-electron chi connectivity index (χ1n) is 5.44. The predicted octanol–water partition coefficient (Wildman–Crippen LogP) is 4.64. The minimum absolute atomic E-state index is 1.14. The minimum atomic E-state index is 1.14. The maximum atomic E-state index is 3.00. The third kappa shape index (κ3) is 6.47. The summed E-state index contributed by atoms with van der Waals surface area (Å²) in [6.07, 6.45) is 2.29. The lowest BCUT2D eigenvalue weighted by Crippen LogP contribution is -1.81. The summed E-state index contributed by atoms with van der Waals surface area (Å²) in [6.45, 7) is 14.4. The van der Waals surface area contributed by atoms with Crippen molar-refractivity contribution in [3.63, 3.8) is 0 Å². The molecule has 1 aromatic carbocycles. The monoisotopic (exact) mass is 192 g/mol. The van der Waals surface area contributed by atoms with E-state index in [-0.39, 0.29) is 0 Å². The van der Waals surface area contributed by atoms with Gasteiger partial charge in [-0.25, -0.2) is 0 Å². The van der Waals surface area contributed by atoms with Gasteiger partial charge in [0.05, 0.1) is 0 Å². The number of rotatable bonds is 2. The molecule has 14 heavy (non-hydrogen) atoms. The summed E-state index contributed by atoms with van der Waals surface area (Å²) in [6, 6.07) is 8.83. The second kappa shape index (κ2) is 12.0. The van der Waals surface area contributed by atoms with Gasteiger partial charge < -0.3 is 0 Å². The summed E-state index contributed by atoms with van der Waals surface area (Å²) in [5, 5.41) is 0. The summed E-state index contributed by atoms with van der Waals surface area (Å²) in [5.74, 6) is 0. The van der Waals surface area contributed by atoms with Crippen molar-refractivity contribution in [1.29, 1.82) is 0 Å². The van der Waals surface area contributed by atoms with Crippen molar-refractivity contribution in [2.75, 3.05) is 0 Å². The number of benzene rings is 1. The number of aryl methyl sites for hydroxylation is 2. The Morgan fingerprint density at radius 3 is 1.14 bits per heavy atom. The van der Waals surface area contributed by atoms with E-state index >= 15 is 0 Å². The Labute approximate surface area is 89.7 Å². The van der Waals surface area contributed by atoms with Gasteiger partial charge in [-0.05, 0) is 24.0 Å². The maximum absolute atomic E-state index is 3.00. The highest BCUT2D eigenvalue weighted by Gasteiger charge is 1.88. The van der Waals surface area contributed by atoms with E-state index in [0.717, 1.165) is 12.8 Å². The third-order valence-corrected chi connectivity index (χ3v) is 1.84. The van der Waals surface area contributed by atoms with Crippen molar-refractivity contribution in [1.82, 2.24) is 0 Å². The Kier molecular flexibility index (Phi) is 13.2. The highest BCUT2D eigenvalue weighted by molar-refractivity contribution is 5.22. The third-order valence-electron chi connectivity index (χ3n) is 1.84. The van der Waals surface area contributed by atoms with Crippen LogP contribution in [0.3, 0.4) is 0 Å². The van der Waals surface area contributed by atoms with Gasteiger partial charge >= 0.3 is 0 Å². The molecule has 1 aromatic rings. The fraction of sp³-hybridized carbons (Fsp3) is 0.429. The van der Waals surface area contributed by atoms with Gasteiger partial charge in [0.1, 0.15) is 0 Å². The van der Waals surface area contributed by atoms with Crippen LogP contribution >= 0.6 is 0 Å². The molecule has 0 saturated carbocycles. The fourth-order valence-electron chi connectivity index (χ4n) is 1.01. The van der Waals surface area contributed by atoms with Crippen molar-refractivity contribution >= 4 is 0 Å². The highest BCUT2D eigenvalue weighted by Crippen LogP contribution is 2.04. The van der Waals surface area contributed by atoms with E-state index in [1.807, 2.05) is 13.8 Å². The van der Waals surface area contributed by atoms with Gasteiger partial charge in [-0.1, -0.05) is 52.0 Å². The molecule has 0 spiro atoms. The Hall–Kier alpha value is -1.04. The van der Waals surface area contributed by atoms with Gasteiger partial charge in [0.25, 0.3) is 0 Å².